The first-order valence-corrected chi connectivity index (χ1v) is 14.9. The van der Waals surface area contributed by atoms with E-state index in [4.69, 9.17) is 14.6 Å². The number of carbonyl (C=O) groups is 3. The van der Waals surface area contributed by atoms with Gasteiger partial charge in [-0.15, -0.1) is 0 Å². The van der Waals surface area contributed by atoms with Gasteiger partial charge in [0.05, 0.1) is 17.4 Å². The van der Waals surface area contributed by atoms with Crippen LogP contribution < -0.4 is 14.8 Å². The molecule has 2 aromatic carbocycles. The van der Waals surface area contributed by atoms with Gasteiger partial charge in [0, 0.05) is 50.1 Å². The van der Waals surface area contributed by atoms with E-state index < -0.39 is 12.1 Å². The Kier molecular flexibility index (Phi) is 9.88. The number of hydrogen-bond acceptors (Lipinski definition) is 7. The lowest BCUT2D eigenvalue weighted by Crippen LogP contribution is -2.43. The molecule has 0 aliphatic carbocycles. The van der Waals surface area contributed by atoms with Crippen molar-refractivity contribution in [2.45, 2.75) is 64.1 Å². The molecule has 3 aromatic rings. The largest absolute Gasteiger partial charge is 0.490 e. The molecule has 10 nitrogen and oxygen atoms in total. The van der Waals surface area contributed by atoms with Gasteiger partial charge in [-0.2, -0.15) is 0 Å². The van der Waals surface area contributed by atoms with Crippen molar-refractivity contribution in [2.24, 2.45) is 0 Å². The van der Waals surface area contributed by atoms with E-state index >= 15 is 0 Å². The molecule has 226 valence electrons. The van der Waals surface area contributed by atoms with Crippen LogP contribution in [0.1, 0.15) is 71.7 Å². The van der Waals surface area contributed by atoms with Gasteiger partial charge in [0.15, 0.2) is 0 Å². The molecule has 1 aromatic heterocycles. The first-order valence-electron chi connectivity index (χ1n) is 14.9. The highest BCUT2D eigenvalue weighted by atomic mass is 16.6. The number of ether oxygens (including phenoxy) is 2. The summed E-state index contributed by atoms with van der Waals surface area (Å²) in [6.07, 6.45) is 7.09. The molecule has 0 radical (unpaired) electrons. The van der Waals surface area contributed by atoms with Crippen LogP contribution >= 0.6 is 0 Å². The summed E-state index contributed by atoms with van der Waals surface area (Å²) in [4.78, 5) is 44.8. The molecule has 10 heteroatoms. The maximum atomic E-state index is 12.8. The van der Waals surface area contributed by atoms with Gasteiger partial charge >= 0.3 is 12.1 Å². The molecule has 2 N–H and O–H groups in total. The van der Waals surface area contributed by atoms with Crippen LogP contribution in [-0.4, -0.2) is 69.6 Å². The molecule has 0 spiro atoms. The quantitative estimate of drug-likeness (QED) is 0.321. The van der Waals surface area contributed by atoms with Crippen molar-refractivity contribution < 1.29 is 29.0 Å². The SMILES string of the molecule is CCC1CCCCN1Cc1ccc(C(=O)Nc2ccc(OC(=O)N3CCC(Oc4ccc(C(=O)O)cc4)CC3)nc2)cc1. The average molecular weight is 587 g/mol. The van der Waals surface area contributed by atoms with Crippen molar-refractivity contribution in [3.8, 4) is 11.6 Å². The third-order valence-corrected chi connectivity index (χ3v) is 8.11. The number of carboxylic acid groups (broad SMARTS) is 1. The highest BCUT2D eigenvalue weighted by Crippen LogP contribution is 2.23. The van der Waals surface area contributed by atoms with E-state index in [1.54, 1.807) is 29.2 Å². The summed E-state index contributed by atoms with van der Waals surface area (Å²) in [6, 6.07) is 17.9. The maximum absolute atomic E-state index is 12.8. The summed E-state index contributed by atoms with van der Waals surface area (Å²) in [5.41, 5.74) is 2.47. The van der Waals surface area contributed by atoms with E-state index in [-0.39, 0.29) is 23.5 Å². The highest BCUT2D eigenvalue weighted by molar-refractivity contribution is 6.04. The number of anilines is 1. The minimum absolute atomic E-state index is 0.0833. The van der Waals surface area contributed by atoms with Crippen LogP contribution in [0, 0.1) is 0 Å². The van der Waals surface area contributed by atoms with Crippen molar-refractivity contribution in [1.29, 1.82) is 0 Å². The number of aromatic nitrogens is 1. The smallest absolute Gasteiger partial charge is 0.416 e. The second-order valence-electron chi connectivity index (χ2n) is 11.1. The fraction of sp³-hybridized carbons (Fsp3) is 0.394. The number of carbonyl (C=O) groups excluding carboxylic acids is 2. The van der Waals surface area contributed by atoms with Gasteiger partial charge in [0.2, 0.25) is 5.88 Å². The van der Waals surface area contributed by atoms with E-state index in [0.717, 1.165) is 19.5 Å². The predicted octanol–water partition coefficient (Wildman–Crippen LogP) is 5.84. The van der Waals surface area contributed by atoms with Gasteiger partial charge in [-0.3, -0.25) is 9.69 Å². The van der Waals surface area contributed by atoms with E-state index in [2.05, 4.69) is 22.1 Å². The Morgan fingerprint density at radius 2 is 1.63 bits per heavy atom. The molecule has 2 saturated heterocycles. The number of nitrogens with zero attached hydrogens (tertiary/aromatic N) is 3. The van der Waals surface area contributed by atoms with E-state index in [1.165, 1.54) is 43.2 Å². The third kappa shape index (κ3) is 8.10. The summed E-state index contributed by atoms with van der Waals surface area (Å²) in [5, 5.41) is 11.9. The second-order valence-corrected chi connectivity index (χ2v) is 11.1. The lowest BCUT2D eigenvalue weighted by molar-refractivity contribution is 0.0696. The van der Waals surface area contributed by atoms with Crippen molar-refractivity contribution in [3.05, 3.63) is 83.6 Å². The summed E-state index contributed by atoms with van der Waals surface area (Å²) in [5.74, 6) is -0.476. The Labute approximate surface area is 251 Å². The topological polar surface area (TPSA) is 121 Å². The Morgan fingerprint density at radius 3 is 2.28 bits per heavy atom. The Hall–Kier alpha value is -4.44. The number of benzene rings is 2. The lowest BCUT2D eigenvalue weighted by Gasteiger charge is -2.35. The van der Waals surface area contributed by atoms with Crippen LogP contribution in [0.2, 0.25) is 0 Å². The molecule has 2 aliphatic rings. The number of hydrogen-bond donors (Lipinski definition) is 2. The monoisotopic (exact) mass is 586 g/mol. The third-order valence-electron chi connectivity index (χ3n) is 8.11. The van der Waals surface area contributed by atoms with Crippen LogP contribution in [0.3, 0.4) is 0 Å². The van der Waals surface area contributed by atoms with Gasteiger partial charge < -0.3 is 24.8 Å². The zero-order chi connectivity index (χ0) is 30.2. The predicted molar refractivity (Wildman–Crippen MR) is 162 cm³/mol. The first kappa shape index (κ1) is 30.0. The van der Waals surface area contributed by atoms with Crippen molar-refractivity contribution in [2.75, 3.05) is 25.0 Å². The van der Waals surface area contributed by atoms with Crippen molar-refractivity contribution in [1.82, 2.24) is 14.8 Å². The standard InChI is InChI=1S/C33H38N4O6/c1-2-27-5-3-4-18-37(27)22-23-6-8-24(9-7-23)31(38)35-26-12-15-30(34-21-26)43-33(41)36-19-16-29(17-20-36)42-28-13-10-25(11-14-28)32(39)40/h6-15,21,27,29H,2-5,16-20,22H2,1H3,(H,35,38)(H,39,40). The summed E-state index contributed by atoms with van der Waals surface area (Å²) in [6.45, 7) is 5.20. The van der Waals surface area contributed by atoms with Crippen molar-refractivity contribution in [3.63, 3.8) is 0 Å². The number of likely N-dealkylation sites (tertiary alicyclic amines) is 2. The first-order chi connectivity index (χ1) is 20.9. The molecule has 0 saturated carbocycles. The van der Waals surface area contributed by atoms with E-state index in [0.29, 0.717) is 49.0 Å². The number of piperidine rings is 2. The molecule has 43 heavy (non-hydrogen) atoms. The summed E-state index contributed by atoms with van der Waals surface area (Å²) >= 11 is 0. The lowest BCUT2D eigenvalue weighted by atomic mass is 9.99. The summed E-state index contributed by atoms with van der Waals surface area (Å²) in [7, 11) is 0. The number of carboxylic acids is 1. The summed E-state index contributed by atoms with van der Waals surface area (Å²) < 4.78 is 11.4. The number of amides is 2. The minimum atomic E-state index is -0.985. The number of aromatic carboxylic acids is 1. The van der Waals surface area contributed by atoms with Gasteiger partial charge in [0.25, 0.3) is 5.91 Å². The van der Waals surface area contributed by atoms with Crippen LogP contribution in [-0.2, 0) is 6.54 Å². The number of nitrogens with one attached hydrogen (secondary N) is 1. The molecule has 0 bridgehead atoms. The van der Waals surface area contributed by atoms with Gasteiger partial charge in [-0.05, 0) is 73.8 Å². The van der Waals surface area contributed by atoms with Crippen LogP contribution in [0.5, 0.6) is 11.6 Å². The van der Waals surface area contributed by atoms with Gasteiger partial charge in [0.1, 0.15) is 11.9 Å². The van der Waals surface area contributed by atoms with Crippen LogP contribution in [0.25, 0.3) is 0 Å². The zero-order valence-corrected chi connectivity index (χ0v) is 24.4. The van der Waals surface area contributed by atoms with Crippen LogP contribution in [0.15, 0.2) is 66.9 Å². The minimum Gasteiger partial charge on any atom is -0.490 e. The Morgan fingerprint density at radius 1 is 0.907 bits per heavy atom. The fourth-order valence-electron chi connectivity index (χ4n) is 5.62. The highest BCUT2D eigenvalue weighted by Gasteiger charge is 2.26. The molecule has 2 amide bonds. The van der Waals surface area contributed by atoms with E-state index in [9.17, 15) is 14.4 Å². The molecule has 2 aliphatic heterocycles. The molecular weight excluding hydrogens is 548 g/mol. The Bertz CT molecular complexity index is 1390. The normalized spacial score (nSPS) is 17.7. The Balaban J connectivity index is 1.06. The molecule has 5 rings (SSSR count). The average Bonchev–Trinajstić information content (AvgIpc) is 3.03. The van der Waals surface area contributed by atoms with Crippen LogP contribution in [0.4, 0.5) is 10.5 Å². The molecule has 1 unspecified atom stereocenters. The molecule has 1 atom stereocenters. The number of pyridine rings is 1. The molecule has 2 fully saturated rings. The second kappa shape index (κ2) is 14.2. The molecule has 3 heterocycles. The molecular formula is C33H38N4O6. The fourth-order valence-corrected chi connectivity index (χ4v) is 5.62. The van der Waals surface area contributed by atoms with Gasteiger partial charge in [-0.1, -0.05) is 25.5 Å². The maximum Gasteiger partial charge on any atom is 0.416 e. The van der Waals surface area contributed by atoms with Crippen molar-refractivity contribution >= 4 is 23.7 Å². The zero-order valence-electron chi connectivity index (χ0n) is 24.4. The van der Waals surface area contributed by atoms with E-state index in [1.807, 2.05) is 24.3 Å². The van der Waals surface area contributed by atoms with Gasteiger partial charge in [-0.25, -0.2) is 14.6 Å². The number of rotatable bonds is 9.